The molecule has 3 aliphatic heterocycles. The van der Waals surface area contributed by atoms with Crippen molar-refractivity contribution in [1.82, 2.24) is 4.90 Å². The molecule has 6 unspecified atom stereocenters. The molecule has 2 amide bonds. The Balaban J connectivity index is 1.61. The van der Waals surface area contributed by atoms with E-state index in [1.165, 1.54) is 4.90 Å². The van der Waals surface area contributed by atoms with Gasteiger partial charge in [0.05, 0.1) is 41.5 Å². The van der Waals surface area contributed by atoms with Gasteiger partial charge in [0.25, 0.3) is 0 Å². The third-order valence-corrected chi connectivity index (χ3v) is 12.0. The van der Waals surface area contributed by atoms with Gasteiger partial charge in [-0.15, -0.1) is 0 Å². The Kier molecular flexibility index (Phi) is 9.52. The lowest BCUT2D eigenvalue weighted by Gasteiger charge is -2.61. The Labute approximate surface area is 259 Å². The molecule has 0 aromatic rings. The molecule has 3 heterocycles. The topological polar surface area (TPSA) is 110 Å². The number of imide groups is 1. The molecule has 1 N–H and O–H groups in total. The zero-order chi connectivity index (χ0) is 33.0. The van der Waals surface area contributed by atoms with Crippen molar-refractivity contribution in [2.45, 2.75) is 127 Å². The van der Waals surface area contributed by atoms with Gasteiger partial charge >= 0.3 is 11.9 Å². The summed E-state index contributed by atoms with van der Waals surface area (Å²) in [7, 11) is 0. The summed E-state index contributed by atoms with van der Waals surface area (Å²) in [5, 5.41) is 10.5. The minimum atomic E-state index is -1.14. The number of unbranched alkanes of at least 4 members (excludes halogenated alkanes) is 3. The molecule has 244 valence electrons. The highest BCUT2D eigenvalue weighted by atomic mass is 16.5. The number of carboxylic acids is 1. The van der Waals surface area contributed by atoms with Crippen LogP contribution in [0.3, 0.4) is 0 Å². The number of esters is 1. The number of likely N-dealkylation sites (tertiary alicyclic amines) is 1. The lowest BCUT2D eigenvalue weighted by molar-refractivity contribution is -0.204. The first-order valence-corrected chi connectivity index (χ1v) is 16.1. The highest BCUT2D eigenvalue weighted by Gasteiger charge is 2.67. The monoisotopic (exact) mass is 603 g/mol. The normalized spacial score (nSPS) is 26.8. The van der Waals surface area contributed by atoms with E-state index in [-0.39, 0.29) is 53.8 Å². The van der Waals surface area contributed by atoms with Crippen LogP contribution in [0.25, 0.3) is 0 Å². The summed E-state index contributed by atoms with van der Waals surface area (Å²) in [6.07, 6.45) is 6.79. The minimum absolute atomic E-state index is 0.116. The maximum Gasteiger partial charge on any atom is 0.312 e. The van der Waals surface area contributed by atoms with Crippen molar-refractivity contribution in [3.8, 4) is 0 Å². The Bertz CT molecular complexity index is 1110. The number of hydrogen-bond acceptors (Lipinski definition) is 6. The molecular weight excluding hydrogens is 546 g/mol. The predicted molar refractivity (Wildman–Crippen MR) is 166 cm³/mol. The molecule has 0 aromatic heterocycles. The SMILES string of the molecule is CC(C)(C)CC(C)(C(=O)OCCCCCCN1C(=O)C2C3C=CC(O3)C2C1=O)C(C)(C)C(C)(C)C(C)(C(=O)O)C(C)(C)C. The second-order valence-electron chi connectivity index (χ2n) is 16.9. The molecule has 0 radical (unpaired) electrons. The summed E-state index contributed by atoms with van der Waals surface area (Å²) in [6.45, 7) is 24.6. The number of hydrogen-bond donors (Lipinski definition) is 1. The van der Waals surface area contributed by atoms with E-state index in [2.05, 4.69) is 20.8 Å². The van der Waals surface area contributed by atoms with Gasteiger partial charge in [-0.2, -0.15) is 0 Å². The second-order valence-corrected chi connectivity index (χ2v) is 16.9. The Morgan fingerprint density at radius 3 is 1.72 bits per heavy atom. The quantitative estimate of drug-likeness (QED) is 0.108. The second kappa shape index (κ2) is 11.6. The van der Waals surface area contributed by atoms with Crippen LogP contribution < -0.4 is 0 Å². The van der Waals surface area contributed by atoms with Crippen LogP contribution in [0.4, 0.5) is 0 Å². The molecular formula is C35H57NO7. The molecule has 0 aromatic carbocycles. The molecule has 2 fully saturated rings. The third kappa shape index (κ3) is 5.82. The van der Waals surface area contributed by atoms with Crippen LogP contribution >= 0.6 is 0 Å². The van der Waals surface area contributed by atoms with Crippen LogP contribution in [-0.4, -0.2) is 59.1 Å². The van der Waals surface area contributed by atoms with Crippen molar-refractivity contribution in [2.75, 3.05) is 13.2 Å². The molecule has 43 heavy (non-hydrogen) atoms. The summed E-state index contributed by atoms with van der Waals surface area (Å²) in [4.78, 5) is 54.0. The van der Waals surface area contributed by atoms with Gasteiger partial charge in [-0.1, -0.05) is 87.8 Å². The standard InChI is InChI=1S/C35H57NO7/c1-30(2,3)21-34(11,32(7,8)33(9,10)35(12,28(39)40)31(4,5)6)29(41)42-20-16-14-13-15-19-36-26(37)24-22-17-18-23(43-22)25(24)27(36)38/h17-18,22-25H,13-16,19-21H2,1-12H3,(H,39,40). The van der Waals surface area contributed by atoms with Crippen molar-refractivity contribution in [3.63, 3.8) is 0 Å². The number of carbonyl (C=O) groups excluding carboxylic acids is 3. The van der Waals surface area contributed by atoms with Crippen molar-refractivity contribution < 1.29 is 33.8 Å². The fourth-order valence-corrected chi connectivity index (χ4v) is 8.08. The maximum atomic E-state index is 14.0. The van der Waals surface area contributed by atoms with Gasteiger partial charge in [-0.3, -0.25) is 24.1 Å². The van der Waals surface area contributed by atoms with Crippen molar-refractivity contribution in [3.05, 3.63) is 12.2 Å². The van der Waals surface area contributed by atoms with E-state index >= 15 is 0 Å². The van der Waals surface area contributed by atoms with Gasteiger partial charge in [-0.05, 0) is 61.2 Å². The Morgan fingerprint density at radius 2 is 1.28 bits per heavy atom. The van der Waals surface area contributed by atoms with Crippen LogP contribution in [0.15, 0.2) is 12.2 Å². The van der Waals surface area contributed by atoms with Crippen molar-refractivity contribution in [1.29, 1.82) is 0 Å². The average molecular weight is 604 g/mol. The van der Waals surface area contributed by atoms with Gasteiger partial charge in [0, 0.05) is 6.54 Å². The molecule has 0 saturated carbocycles. The first-order chi connectivity index (χ1) is 19.5. The zero-order valence-electron chi connectivity index (χ0n) is 28.8. The van der Waals surface area contributed by atoms with Crippen molar-refractivity contribution >= 4 is 23.8 Å². The highest BCUT2D eigenvalue weighted by molar-refractivity contribution is 6.06. The molecule has 2 bridgehead atoms. The molecule has 8 nitrogen and oxygen atoms in total. The smallest absolute Gasteiger partial charge is 0.312 e. The average Bonchev–Trinajstić information content (AvgIpc) is 3.54. The predicted octanol–water partition coefficient (Wildman–Crippen LogP) is 6.66. The fourth-order valence-electron chi connectivity index (χ4n) is 8.08. The zero-order valence-corrected chi connectivity index (χ0v) is 28.8. The summed E-state index contributed by atoms with van der Waals surface area (Å²) in [5.41, 5.74) is -4.41. The lowest BCUT2D eigenvalue weighted by atomic mass is 9.41. The first-order valence-electron chi connectivity index (χ1n) is 16.1. The highest BCUT2D eigenvalue weighted by Crippen LogP contribution is 2.66. The Morgan fingerprint density at radius 1 is 0.791 bits per heavy atom. The van der Waals surface area contributed by atoms with E-state index in [0.29, 0.717) is 25.8 Å². The van der Waals surface area contributed by atoms with E-state index in [1.807, 2.05) is 74.5 Å². The molecule has 2 saturated heterocycles. The number of amides is 2. The van der Waals surface area contributed by atoms with Gasteiger partial charge in [0.15, 0.2) is 0 Å². The van der Waals surface area contributed by atoms with Crippen LogP contribution in [0.1, 0.15) is 115 Å². The van der Waals surface area contributed by atoms with Crippen LogP contribution in [0.2, 0.25) is 0 Å². The van der Waals surface area contributed by atoms with Crippen LogP contribution in [0, 0.1) is 44.3 Å². The number of ether oxygens (including phenoxy) is 2. The summed E-state index contributed by atoms with van der Waals surface area (Å²) >= 11 is 0. The summed E-state index contributed by atoms with van der Waals surface area (Å²) in [5.74, 6) is -2.13. The number of fused-ring (bicyclic) bond motifs is 5. The number of carboxylic acid groups (broad SMARTS) is 1. The van der Waals surface area contributed by atoms with Gasteiger partial charge in [-0.25, -0.2) is 0 Å². The van der Waals surface area contributed by atoms with Crippen LogP contribution in [0.5, 0.6) is 0 Å². The Hall–Kier alpha value is -2.22. The lowest BCUT2D eigenvalue weighted by Crippen LogP contribution is -2.62. The molecule has 6 atom stereocenters. The van der Waals surface area contributed by atoms with Crippen LogP contribution in [-0.2, 0) is 28.7 Å². The fraction of sp³-hybridized carbons (Fsp3) is 0.829. The number of rotatable bonds is 13. The first kappa shape index (κ1) is 35.3. The summed E-state index contributed by atoms with van der Waals surface area (Å²) < 4.78 is 11.7. The molecule has 3 aliphatic rings. The molecule has 3 rings (SSSR count). The van der Waals surface area contributed by atoms with Gasteiger partial charge in [0.2, 0.25) is 11.8 Å². The summed E-state index contributed by atoms with van der Waals surface area (Å²) in [6, 6.07) is 0. The molecule has 8 heteroatoms. The third-order valence-electron chi connectivity index (χ3n) is 12.0. The van der Waals surface area contributed by atoms with E-state index in [1.54, 1.807) is 0 Å². The molecule has 0 aliphatic carbocycles. The van der Waals surface area contributed by atoms with E-state index in [4.69, 9.17) is 9.47 Å². The van der Waals surface area contributed by atoms with Gasteiger partial charge in [0.1, 0.15) is 0 Å². The van der Waals surface area contributed by atoms with Gasteiger partial charge < -0.3 is 14.6 Å². The number of carbonyl (C=O) groups is 4. The largest absolute Gasteiger partial charge is 0.481 e. The number of aliphatic carboxylic acids is 1. The van der Waals surface area contributed by atoms with E-state index in [0.717, 1.165) is 12.8 Å². The number of nitrogens with zero attached hydrogens (tertiary/aromatic N) is 1. The minimum Gasteiger partial charge on any atom is -0.481 e. The van der Waals surface area contributed by atoms with E-state index < -0.39 is 33.0 Å². The maximum absolute atomic E-state index is 14.0. The van der Waals surface area contributed by atoms with E-state index in [9.17, 15) is 24.3 Å². The van der Waals surface area contributed by atoms with Crippen molar-refractivity contribution in [2.24, 2.45) is 44.3 Å². The molecule has 0 spiro atoms.